The Hall–Kier alpha value is -1.98. The normalized spacial score (nSPS) is 13.5. The van der Waals surface area contributed by atoms with Crippen LogP contribution in [-0.4, -0.2) is 17.3 Å². The van der Waals surface area contributed by atoms with Gasteiger partial charge in [-0.1, -0.05) is 0 Å². The summed E-state index contributed by atoms with van der Waals surface area (Å²) >= 11 is 0. The summed E-state index contributed by atoms with van der Waals surface area (Å²) in [5.74, 6) is 0.152. The number of nitrogens with zero attached hydrogens (tertiary/aromatic N) is 1. The maximum Gasteiger partial charge on any atom is 0.425 e. The summed E-state index contributed by atoms with van der Waals surface area (Å²) in [5.41, 5.74) is 6.91. The number of alkyl halides is 3. The Bertz CT molecular complexity index is 611. The molecular formula is C13H13F3N2O. The number of aryl methyl sites for hydroxylation is 1. The number of aromatic nitrogens is 1. The summed E-state index contributed by atoms with van der Waals surface area (Å²) in [6, 6.07) is 4.61. The van der Waals surface area contributed by atoms with Crippen LogP contribution < -0.4 is 10.5 Å². The van der Waals surface area contributed by atoms with Gasteiger partial charge in [0.1, 0.15) is 5.75 Å². The van der Waals surface area contributed by atoms with Gasteiger partial charge in [0.15, 0.2) is 6.10 Å². The van der Waals surface area contributed by atoms with Crippen LogP contribution in [0.2, 0.25) is 0 Å². The Balaban J connectivity index is 2.49. The van der Waals surface area contributed by atoms with Gasteiger partial charge in [-0.3, -0.25) is 4.98 Å². The molecule has 0 radical (unpaired) electrons. The maximum atomic E-state index is 12.5. The highest BCUT2D eigenvalue weighted by molar-refractivity contribution is 5.96. The molecule has 1 aromatic carbocycles. The molecule has 1 aromatic heterocycles. The Kier molecular flexibility index (Phi) is 3.26. The minimum absolute atomic E-state index is 0.152. The first-order chi connectivity index (χ1) is 8.79. The first-order valence-corrected chi connectivity index (χ1v) is 5.67. The van der Waals surface area contributed by atoms with Crippen LogP contribution in [0.4, 0.5) is 18.9 Å². The van der Waals surface area contributed by atoms with Crippen molar-refractivity contribution in [2.75, 3.05) is 5.73 Å². The van der Waals surface area contributed by atoms with E-state index < -0.39 is 12.3 Å². The van der Waals surface area contributed by atoms with Crippen LogP contribution >= 0.6 is 0 Å². The molecule has 0 bridgehead atoms. The zero-order chi connectivity index (χ0) is 14.2. The minimum atomic E-state index is -4.41. The van der Waals surface area contributed by atoms with Gasteiger partial charge in [-0.2, -0.15) is 13.2 Å². The summed E-state index contributed by atoms with van der Waals surface area (Å²) in [6.45, 7) is 2.72. The zero-order valence-corrected chi connectivity index (χ0v) is 10.5. The monoisotopic (exact) mass is 270 g/mol. The molecule has 0 aliphatic carbocycles. The van der Waals surface area contributed by atoms with Gasteiger partial charge in [-0.05, 0) is 32.0 Å². The van der Waals surface area contributed by atoms with E-state index in [1.165, 1.54) is 18.3 Å². The predicted octanol–water partition coefficient (Wildman–Crippen LogP) is 3.46. The molecule has 2 N–H and O–H groups in total. The molecule has 0 amide bonds. The third-order valence-electron chi connectivity index (χ3n) is 2.80. The Morgan fingerprint density at radius 3 is 2.58 bits per heavy atom. The molecule has 102 valence electrons. The SMILES string of the molecule is Cc1cc2c(OC(C)C(F)(F)F)ccc(N)c2cn1. The van der Waals surface area contributed by atoms with E-state index in [4.69, 9.17) is 10.5 Å². The van der Waals surface area contributed by atoms with E-state index in [0.717, 1.165) is 6.92 Å². The van der Waals surface area contributed by atoms with E-state index in [9.17, 15) is 13.2 Å². The molecule has 1 atom stereocenters. The maximum absolute atomic E-state index is 12.5. The van der Waals surface area contributed by atoms with Gasteiger partial charge in [0.05, 0.1) is 0 Å². The number of ether oxygens (including phenoxy) is 1. The molecular weight excluding hydrogens is 257 g/mol. The summed E-state index contributed by atoms with van der Waals surface area (Å²) in [6.07, 6.45) is -4.76. The molecule has 1 heterocycles. The van der Waals surface area contributed by atoms with E-state index in [1.54, 1.807) is 13.0 Å². The standard InChI is InChI=1S/C13H13F3N2O/c1-7-5-9-10(6-18-7)11(17)3-4-12(9)19-8(2)13(14,15)16/h3-6,8H,17H2,1-2H3. The molecule has 2 rings (SSSR count). The van der Waals surface area contributed by atoms with Gasteiger partial charge in [0.2, 0.25) is 0 Å². The van der Waals surface area contributed by atoms with Crippen LogP contribution in [-0.2, 0) is 0 Å². The number of halogens is 3. The lowest BCUT2D eigenvalue weighted by Crippen LogP contribution is -2.31. The molecule has 0 saturated heterocycles. The van der Waals surface area contributed by atoms with Crippen molar-refractivity contribution < 1.29 is 17.9 Å². The molecule has 0 fully saturated rings. The highest BCUT2D eigenvalue weighted by Gasteiger charge is 2.38. The Morgan fingerprint density at radius 2 is 1.95 bits per heavy atom. The van der Waals surface area contributed by atoms with Gasteiger partial charge in [-0.25, -0.2) is 0 Å². The molecule has 0 saturated carbocycles. The zero-order valence-electron chi connectivity index (χ0n) is 10.5. The van der Waals surface area contributed by atoms with Crippen LogP contribution in [0.1, 0.15) is 12.6 Å². The molecule has 0 aliphatic heterocycles. The second-order valence-electron chi connectivity index (χ2n) is 4.33. The molecule has 2 aromatic rings. The van der Waals surface area contributed by atoms with Gasteiger partial charge < -0.3 is 10.5 Å². The summed E-state index contributed by atoms with van der Waals surface area (Å²) in [4.78, 5) is 4.08. The van der Waals surface area contributed by atoms with E-state index in [2.05, 4.69) is 4.98 Å². The average molecular weight is 270 g/mol. The predicted molar refractivity (Wildman–Crippen MR) is 67.0 cm³/mol. The number of nitrogen functional groups attached to an aromatic ring is 1. The molecule has 0 spiro atoms. The van der Waals surface area contributed by atoms with Crippen molar-refractivity contribution in [1.82, 2.24) is 4.98 Å². The van der Waals surface area contributed by atoms with E-state index in [-0.39, 0.29) is 5.75 Å². The second kappa shape index (κ2) is 4.60. The number of hydrogen-bond donors (Lipinski definition) is 1. The number of nitrogens with two attached hydrogens (primary N) is 1. The summed E-state index contributed by atoms with van der Waals surface area (Å²) in [5, 5.41) is 1.11. The van der Waals surface area contributed by atoms with E-state index in [0.29, 0.717) is 22.2 Å². The number of rotatable bonds is 2. The molecule has 19 heavy (non-hydrogen) atoms. The Labute approximate surface area is 108 Å². The lowest BCUT2D eigenvalue weighted by Gasteiger charge is -2.19. The number of benzene rings is 1. The van der Waals surface area contributed by atoms with Crippen molar-refractivity contribution in [3.63, 3.8) is 0 Å². The topological polar surface area (TPSA) is 48.1 Å². The van der Waals surface area contributed by atoms with Gasteiger partial charge >= 0.3 is 6.18 Å². The third-order valence-corrected chi connectivity index (χ3v) is 2.80. The van der Waals surface area contributed by atoms with Crippen molar-refractivity contribution in [2.24, 2.45) is 0 Å². The van der Waals surface area contributed by atoms with Crippen molar-refractivity contribution in [2.45, 2.75) is 26.1 Å². The smallest absolute Gasteiger partial charge is 0.425 e. The van der Waals surface area contributed by atoms with Crippen LogP contribution in [0.15, 0.2) is 24.4 Å². The van der Waals surface area contributed by atoms with Crippen molar-refractivity contribution in [3.05, 3.63) is 30.1 Å². The third kappa shape index (κ3) is 2.72. The number of anilines is 1. The fraction of sp³-hybridized carbons (Fsp3) is 0.308. The fourth-order valence-electron chi connectivity index (χ4n) is 1.70. The van der Waals surface area contributed by atoms with Gasteiger partial charge in [0.25, 0.3) is 0 Å². The van der Waals surface area contributed by atoms with Crippen molar-refractivity contribution >= 4 is 16.5 Å². The molecule has 6 heteroatoms. The van der Waals surface area contributed by atoms with Crippen molar-refractivity contribution in [1.29, 1.82) is 0 Å². The molecule has 3 nitrogen and oxygen atoms in total. The van der Waals surface area contributed by atoms with Crippen LogP contribution in [0, 0.1) is 6.92 Å². The molecule has 0 aliphatic rings. The van der Waals surface area contributed by atoms with E-state index >= 15 is 0 Å². The number of pyridine rings is 1. The van der Waals surface area contributed by atoms with Gasteiger partial charge in [-0.15, -0.1) is 0 Å². The van der Waals surface area contributed by atoms with Gasteiger partial charge in [0, 0.05) is 28.4 Å². The second-order valence-corrected chi connectivity index (χ2v) is 4.33. The first-order valence-electron chi connectivity index (χ1n) is 5.67. The molecule has 1 unspecified atom stereocenters. The lowest BCUT2D eigenvalue weighted by atomic mass is 10.1. The van der Waals surface area contributed by atoms with Crippen LogP contribution in [0.3, 0.4) is 0 Å². The van der Waals surface area contributed by atoms with E-state index in [1.807, 2.05) is 0 Å². The first kappa shape index (κ1) is 13.5. The fourth-order valence-corrected chi connectivity index (χ4v) is 1.70. The highest BCUT2D eigenvalue weighted by atomic mass is 19.4. The minimum Gasteiger partial charge on any atom is -0.481 e. The quantitative estimate of drug-likeness (QED) is 0.850. The van der Waals surface area contributed by atoms with Crippen molar-refractivity contribution in [3.8, 4) is 5.75 Å². The summed E-state index contributed by atoms with van der Waals surface area (Å²) < 4.78 is 42.6. The largest absolute Gasteiger partial charge is 0.481 e. The van der Waals surface area contributed by atoms with Crippen LogP contribution in [0.25, 0.3) is 10.8 Å². The summed E-state index contributed by atoms with van der Waals surface area (Å²) in [7, 11) is 0. The number of hydrogen-bond acceptors (Lipinski definition) is 3. The van der Waals surface area contributed by atoms with Crippen LogP contribution in [0.5, 0.6) is 5.75 Å². The lowest BCUT2D eigenvalue weighted by molar-refractivity contribution is -0.188. The average Bonchev–Trinajstić information content (AvgIpc) is 2.31. The Morgan fingerprint density at radius 1 is 1.26 bits per heavy atom. The number of fused-ring (bicyclic) bond motifs is 1. The highest BCUT2D eigenvalue weighted by Crippen LogP contribution is 2.33.